The number of nitrogens with zero attached hydrogens (tertiary/aromatic N) is 3. The van der Waals surface area contributed by atoms with E-state index in [4.69, 9.17) is 28.7 Å². The summed E-state index contributed by atoms with van der Waals surface area (Å²) in [4.78, 5) is 2.62. The fraction of sp³-hybridized carbons (Fsp3) is 0.250. The first kappa shape index (κ1) is 11.1. The third-order valence-corrected chi connectivity index (χ3v) is 2.33. The average molecular weight is 234 g/mol. The summed E-state index contributed by atoms with van der Waals surface area (Å²) in [7, 11) is 0. The lowest BCUT2D eigenvalue weighted by atomic mass is 10.1. The molecular formula is C8H6Cl2FN3. The van der Waals surface area contributed by atoms with Crippen molar-refractivity contribution in [1.82, 2.24) is 0 Å². The number of benzene rings is 1. The van der Waals surface area contributed by atoms with Gasteiger partial charge in [0, 0.05) is 9.93 Å². The maximum absolute atomic E-state index is 13.0. The van der Waals surface area contributed by atoms with Gasteiger partial charge in [0.1, 0.15) is 5.82 Å². The third kappa shape index (κ3) is 2.29. The molecular weight excluding hydrogens is 228 g/mol. The molecule has 0 spiro atoms. The highest BCUT2D eigenvalue weighted by Gasteiger charge is 2.11. The van der Waals surface area contributed by atoms with Crippen LogP contribution in [0.4, 0.5) is 4.39 Å². The van der Waals surface area contributed by atoms with E-state index in [1.54, 1.807) is 6.92 Å². The van der Waals surface area contributed by atoms with Gasteiger partial charge in [0.05, 0.1) is 11.1 Å². The molecule has 0 fully saturated rings. The molecule has 0 aromatic heterocycles. The number of azide groups is 1. The van der Waals surface area contributed by atoms with E-state index in [1.165, 1.54) is 12.1 Å². The van der Waals surface area contributed by atoms with Gasteiger partial charge >= 0.3 is 0 Å². The first-order valence-corrected chi connectivity index (χ1v) is 4.50. The summed E-state index contributed by atoms with van der Waals surface area (Å²) in [6.07, 6.45) is 0. The van der Waals surface area contributed by atoms with Crippen LogP contribution >= 0.6 is 23.2 Å². The van der Waals surface area contributed by atoms with Crippen molar-refractivity contribution in [3.8, 4) is 0 Å². The van der Waals surface area contributed by atoms with E-state index in [-0.39, 0.29) is 10.0 Å². The second-order valence-electron chi connectivity index (χ2n) is 2.67. The standard InChI is InChI=1S/C8H6Cl2FN3/c1-4(13-14-12)5-2-8(11)7(10)3-6(5)9/h2-4H,1H3/t4-/m1/s1. The molecule has 0 saturated carbocycles. The van der Waals surface area contributed by atoms with Crippen LogP contribution in [0.25, 0.3) is 10.4 Å². The van der Waals surface area contributed by atoms with Crippen LogP contribution in [0, 0.1) is 5.82 Å². The fourth-order valence-electron chi connectivity index (χ4n) is 0.998. The predicted octanol–water partition coefficient (Wildman–Crippen LogP) is 4.50. The smallest absolute Gasteiger partial charge is 0.142 e. The zero-order chi connectivity index (χ0) is 10.7. The van der Waals surface area contributed by atoms with Gasteiger partial charge < -0.3 is 0 Å². The summed E-state index contributed by atoms with van der Waals surface area (Å²) in [6.45, 7) is 1.62. The highest BCUT2D eigenvalue weighted by atomic mass is 35.5. The molecule has 0 amide bonds. The predicted molar refractivity (Wildman–Crippen MR) is 54.0 cm³/mol. The molecule has 3 nitrogen and oxygen atoms in total. The van der Waals surface area contributed by atoms with Crippen LogP contribution < -0.4 is 0 Å². The van der Waals surface area contributed by atoms with Crippen LogP contribution in [0.2, 0.25) is 10.0 Å². The summed E-state index contributed by atoms with van der Waals surface area (Å²) in [5, 5.41) is 3.65. The molecule has 0 saturated heterocycles. The number of halogens is 3. The molecule has 74 valence electrons. The van der Waals surface area contributed by atoms with Crippen LogP contribution in [0.5, 0.6) is 0 Å². The molecule has 1 atom stereocenters. The fourth-order valence-corrected chi connectivity index (χ4v) is 1.54. The quantitative estimate of drug-likeness (QED) is 0.313. The molecule has 0 N–H and O–H groups in total. The Hall–Kier alpha value is -0.960. The molecule has 0 unspecified atom stereocenters. The van der Waals surface area contributed by atoms with Crippen molar-refractivity contribution >= 4 is 23.2 Å². The number of hydrogen-bond donors (Lipinski definition) is 0. The maximum atomic E-state index is 13.0. The van der Waals surface area contributed by atoms with Gasteiger partial charge in [-0.15, -0.1) is 0 Å². The SMILES string of the molecule is C[C@@H](N=[N+]=[N-])c1cc(F)c(Cl)cc1Cl. The minimum atomic E-state index is -0.578. The zero-order valence-electron chi connectivity index (χ0n) is 7.21. The van der Waals surface area contributed by atoms with Gasteiger partial charge in [-0.1, -0.05) is 35.2 Å². The summed E-state index contributed by atoms with van der Waals surface area (Å²) in [5.41, 5.74) is 8.63. The van der Waals surface area contributed by atoms with Crippen LogP contribution in [0.1, 0.15) is 18.5 Å². The van der Waals surface area contributed by atoms with E-state index in [0.29, 0.717) is 5.56 Å². The van der Waals surface area contributed by atoms with Gasteiger partial charge in [-0.05, 0) is 23.2 Å². The summed E-state index contributed by atoms with van der Waals surface area (Å²) < 4.78 is 13.0. The Balaban J connectivity index is 3.21. The van der Waals surface area contributed by atoms with E-state index < -0.39 is 11.9 Å². The molecule has 0 radical (unpaired) electrons. The molecule has 0 bridgehead atoms. The molecule has 1 aromatic carbocycles. The van der Waals surface area contributed by atoms with Crippen LogP contribution in [-0.4, -0.2) is 0 Å². The van der Waals surface area contributed by atoms with Crippen molar-refractivity contribution in [1.29, 1.82) is 0 Å². The van der Waals surface area contributed by atoms with Gasteiger partial charge in [0.25, 0.3) is 0 Å². The second kappa shape index (κ2) is 4.51. The molecule has 6 heteroatoms. The summed E-state index contributed by atoms with van der Waals surface area (Å²) in [5.74, 6) is -0.578. The number of rotatable bonds is 2. The zero-order valence-corrected chi connectivity index (χ0v) is 8.72. The monoisotopic (exact) mass is 233 g/mol. The van der Waals surface area contributed by atoms with E-state index >= 15 is 0 Å². The van der Waals surface area contributed by atoms with Crippen molar-refractivity contribution in [2.75, 3.05) is 0 Å². The Bertz CT molecular complexity index is 402. The average Bonchev–Trinajstić information content (AvgIpc) is 2.11. The lowest BCUT2D eigenvalue weighted by Crippen LogP contribution is -1.92. The molecule has 1 aromatic rings. The third-order valence-electron chi connectivity index (χ3n) is 1.71. The molecule has 0 aliphatic rings. The van der Waals surface area contributed by atoms with Crippen molar-refractivity contribution in [2.24, 2.45) is 5.11 Å². The Labute approximate surface area is 90.1 Å². The maximum Gasteiger partial charge on any atom is 0.142 e. The topological polar surface area (TPSA) is 48.8 Å². The second-order valence-corrected chi connectivity index (χ2v) is 3.48. The van der Waals surface area contributed by atoms with Crippen LogP contribution in [0.3, 0.4) is 0 Å². The van der Waals surface area contributed by atoms with Crippen molar-refractivity contribution in [2.45, 2.75) is 13.0 Å². The van der Waals surface area contributed by atoms with E-state index in [2.05, 4.69) is 10.0 Å². The first-order valence-electron chi connectivity index (χ1n) is 3.75. The molecule has 0 aliphatic heterocycles. The number of hydrogen-bond acceptors (Lipinski definition) is 1. The highest BCUT2D eigenvalue weighted by molar-refractivity contribution is 6.35. The van der Waals surface area contributed by atoms with Gasteiger partial charge in [0.2, 0.25) is 0 Å². The van der Waals surface area contributed by atoms with E-state index in [9.17, 15) is 4.39 Å². The molecule has 0 aliphatic carbocycles. The molecule has 14 heavy (non-hydrogen) atoms. The van der Waals surface area contributed by atoms with Gasteiger partial charge in [-0.25, -0.2) is 4.39 Å². The van der Waals surface area contributed by atoms with Crippen LogP contribution in [0.15, 0.2) is 17.2 Å². The van der Waals surface area contributed by atoms with Crippen molar-refractivity contribution in [3.05, 3.63) is 44.0 Å². The largest absolute Gasteiger partial charge is 0.205 e. The lowest BCUT2D eigenvalue weighted by molar-refractivity contribution is 0.622. The van der Waals surface area contributed by atoms with Crippen LogP contribution in [-0.2, 0) is 0 Å². The van der Waals surface area contributed by atoms with Crippen molar-refractivity contribution < 1.29 is 4.39 Å². The minimum absolute atomic E-state index is 0.0492. The Kier molecular flexibility index (Phi) is 3.58. The van der Waals surface area contributed by atoms with Gasteiger partial charge in [-0.3, -0.25) is 0 Å². The Morgan fingerprint density at radius 1 is 1.43 bits per heavy atom. The van der Waals surface area contributed by atoms with Crippen molar-refractivity contribution in [3.63, 3.8) is 0 Å². The summed E-state index contributed by atoms with van der Waals surface area (Å²) in [6, 6.07) is 1.94. The van der Waals surface area contributed by atoms with E-state index in [1.807, 2.05) is 0 Å². The molecule has 0 heterocycles. The van der Waals surface area contributed by atoms with Gasteiger partial charge in [-0.2, -0.15) is 0 Å². The normalized spacial score (nSPS) is 12.0. The summed E-state index contributed by atoms with van der Waals surface area (Å²) >= 11 is 11.3. The lowest BCUT2D eigenvalue weighted by Gasteiger charge is -2.08. The Morgan fingerprint density at radius 2 is 2.07 bits per heavy atom. The highest BCUT2D eigenvalue weighted by Crippen LogP contribution is 2.30. The van der Waals surface area contributed by atoms with E-state index in [0.717, 1.165) is 0 Å². The minimum Gasteiger partial charge on any atom is -0.205 e. The van der Waals surface area contributed by atoms with Gasteiger partial charge in [0.15, 0.2) is 0 Å². The first-order chi connectivity index (χ1) is 6.56. The molecule has 1 rings (SSSR count). The Morgan fingerprint density at radius 3 is 2.64 bits per heavy atom.